The zero-order valence-electron chi connectivity index (χ0n) is 14.9. The first kappa shape index (κ1) is 15.9. The summed E-state index contributed by atoms with van der Waals surface area (Å²) in [5.74, 6) is 2.21. The number of aliphatic hydroxyl groups is 1. The van der Waals surface area contributed by atoms with Crippen LogP contribution in [0.3, 0.4) is 0 Å². The van der Waals surface area contributed by atoms with Crippen molar-refractivity contribution in [1.82, 2.24) is 0 Å². The summed E-state index contributed by atoms with van der Waals surface area (Å²) in [6.07, 6.45) is 11.0. The third kappa shape index (κ3) is 2.13. The van der Waals surface area contributed by atoms with Crippen LogP contribution in [0.25, 0.3) is 0 Å². The highest BCUT2D eigenvalue weighted by molar-refractivity contribution is 5.30. The molecular weight excluding hydrogens is 287 g/mol. The van der Waals surface area contributed by atoms with E-state index in [-0.39, 0.29) is 17.3 Å². The van der Waals surface area contributed by atoms with Crippen molar-refractivity contribution in [2.24, 2.45) is 28.6 Å². The first-order chi connectivity index (χ1) is 10.9. The van der Waals surface area contributed by atoms with Gasteiger partial charge in [-0.3, -0.25) is 0 Å². The summed E-state index contributed by atoms with van der Waals surface area (Å²) in [7, 11) is 0. The molecule has 6 unspecified atom stereocenters. The molecule has 2 heteroatoms. The van der Waals surface area contributed by atoms with Crippen molar-refractivity contribution in [3.05, 3.63) is 23.0 Å². The van der Waals surface area contributed by atoms with Gasteiger partial charge in [0.25, 0.3) is 0 Å². The smallest absolute Gasteiger partial charge is 0.0966 e. The molecule has 0 spiro atoms. The molecule has 3 fully saturated rings. The number of halogens is 1. The molecule has 4 aliphatic rings. The summed E-state index contributed by atoms with van der Waals surface area (Å²) in [5.41, 5.74) is 3.05. The van der Waals surface area contributed by atoms with Gasteiger partial charge in [-0.25, -0.2) is 4.39 Å². The van der Waals surface area contributed by atoms with Crippen LogP contribution < -0.4 is 0 Å². The van der Waals surface area contributed by atoms with Gasteiger partial charge in [-0.15, -0.1) is 0 Å². The normalized spacial score (nSPS) is 51.4. The second-order valence-electron chi connectivity index (χ2n) is 9.16. The number of hydrogen-bond acceptors (Lipinski definition) is 1. The average molecular weight is 318 g/mol. The van der Waals surface area contributed by atoms with Crippen LogP contribution in [-0.4, -0.2) is 11.2 Å². The Balaban J connectivity index is 1.69. The lowest BCUT2D eigenvalue weighted by Gasteiger charge is -2.57. The first-order valence-electron chi connectivity index (χ1n) is 9.59. The fraction of sp³-hybridized carbons (Fsp3) is 0.810. The van der Waals surface area contributed by atoms with E-state index in [1.165, 1.54) is 18.4 Å². The van der Waals surface area contributed by atoms with Gasteiger partial charge in [-0.05, 0) is 92.4 Å². The molecule has 0 bridgehead atoms. The maximum Gasteiger partial charge on any atom is 0.0966 e. The minimum absolute atomic E-state index is 0.0903. The standard InChI is InChI=1S/C21H31FO/c1-13(22)17-6-7-18-16-5-4-14-12-15(23)8-10-20(14,2)19(16)9-11-21(17,18)3/h4,15-16,18-19,23H,5-12H2,1-3H3/b17-13+. The molecule has 1 nitrogen and oxygen atoms in total. The lowest BCUT2D eigenvalue weighted by Crippen LogP contribution is -2.49. The van der Waals surface area contributed by atoms with E-state index in [2.05, 4.69) is 19.9 Å². The molecule has 3 saturated carbocycles. The fourth-order valence-electron chi connectivity index (χ4n) is 7.02. The Morgan fingerprint density at radius 3 is 2.57 bits per heavy atom. The quantitative estimate of drug-likeness (QED) is 0.580. The molecule has 0 saturated heterocycles. The van der Waals surface area contributed by atoms with Gasteiger partial charge < -0.3 is 5.11 Å². The van der Waals surface area contributed by atoms with E-state index in [0.717, 1.165) is 55.9 Å². The van der Waals surface area contributed by atoms with Crippen molar-refractivity contribution in [2.45, 2.75) is 78.2 Å². The SMILES string of the molecule is C/C(F)=C1/CCC2C3CC=C4CC(O)CCC4(C)C3CCC12C. The number of rotatable bonds is 0. The minimum Gasteiger partial charge on any atom is -0.393 e. The van der Waals surface area contributed by atoms with E-state index in [9.17, 15) is 9.50 Å². The molecule has 23 heavy (non-hydrogen) atoms. The summed E-state index contributed by atoms with van der Waals surface area (Å²) in [6, 6.07) is 0. The van der Waals surface area contributed by atoms with E-state index in [0.29, 0.717) is 11.3 Å². The molecule has 0 heterocycles. The van der Waals surface area contributed by atoms with E-state index >= 15 is 0 Å². The van der Waals surface area contributed by atoms with E-state index in [1.807, 2.05) is 0 Å². The molecule has 4 aliphatic carbocycles. The van der Waals surface area contributed by atoms with Gasteiger partial charge in [0.05, 0.1) is 11.9 Å². The number of aliphatic hydroxyl groups excluding tert-OH is 1. The van der Waals surface area contributed by atoms with Crippen LogP contribution in [0.15, 0.2) is 23.0 Å². The number of fused-ring (bicyclic) bond motifs is 5. The van der Waals surface area contributed by atoms with Crippen molar-refractivity contribution in [3.8, 4) is 0 Å². The Morgan fingerprint density at radius 1 is 1.13 bits per heavy atom. The molecule has 128 valence electrons. The topological polar surface area (TPSA) is 20.2 Å². The van der Waals surface area contributed by atoms with E-state index < -0.39 is 0 Å². The summed E-state index contributed by atoms with van der Waals surface area (Å²) in [6.45, 7) is 6.46. The van der Waals surface area contributed by atoms with Crippen LogP contribution >= 0.6 is 0 Å². The number of hydrogen-bond donors (Lipinski definition) is 1. The van der Waals surface area contributed by atoms with Crippen LogP contribution in [0.5, 0.6) is 0 Å². The second-order valence-corrected chi connectivity index (χ2v) is 9.16. The second kappa shape index (κ2) is 5.18. The third-order valence-corrected chi connectivity index (χ3v) is 8.28. The summed E-state index contributed by atoms with van der Waals surface area (Å²) in [5, 5.41) is 10.1. The van der Waals surface area contributed by atoms with Crippen molar-refractivity contribution in [1.29, 1.82) is 0 Å². The average Bonchev–Trinajstić information content (AvgIpc) is 2.85. The molecule has 0 amide bonds. The van der Waals surface area contributed by atoms with Crippen molar-refractivity contribution < 1.29 is 9.50 Å². The Kier molecular flexibility index (Phi) is 3.58. The van der Waals surface area contributed by atoms with E-state index in [1.54, 1.807) is 6.92 Å². The maximum absolute atomic E-state index is 14.1. The molecule has 6 atom stereocenters. The van der Waals surface area contributed by atoms with Crippen LogP contribution in [0, 0.1) is 28.6 Å². The van der Waals surface area contributed by atoms with Gasteiger partial charge in [0, 0.05) is 0 Å². The summed E-state index contributed by atoms with van der Waals surface area (Å²) >= 11 is 0. The van der Waals surface area contributed by atoms with Crippen molar-refractivity contribution >= 4 is 0 Å². The Hall–Kier alpha value is -0.630. The van der Waals surface area contributed by atoms with Gasteiger partial charge >= 0.3 is 0 Å². The maximum atomic E-state index is 14.1. The van der Waals surface area contributed by atoms with Crippen molar-refractivity contribution in [3.63, 3.8) is 0 Å². The van der Waals surface area contributed by atoms with Gasteiger partial charge in [0.2, 0.25) is 0 Å². The molecule has 0 aliphatic heterocycles. The third-order valence-electron chi connectivity index (χ3n) is 8.28. The van der Waals surface area contributed by atoms with Gasteiger partial charge in [0.1, 0.15) is 0 Å². The molecule has 0 aromatic rings. The lowest BCUT2D eigenvalue weighted by atomic mass is 9.48. The predicted molar refractivity (Wildman–Crippen MR) is 91.5 cm³/mol. The van der Waals surface area contributed by atoms with Crippen molar-refractivity contribution in [2.75, 3.05) is 0 Å². The number of allylic oxidation sites excluding steroid dienone is 3. The molecule has 0 aromatic carbocycles. The highest BCUT2D eigenvalue weighted by Crippen LogP contribution is 2.66. The summed E-state index contributed by atoms with van der Waals surface area (Å²) < 4.78 is 14.1. The molecular formula is C21H31FO. The minimum atomic E-state index is -0.130. The van der Waals surface area contributed by atoms with Crippen LogP contribution in [0.1, 0.15) is 72.1 Å². The molecule has 0 radical (unpaired) electrons. The van der Waals surface area contributed by atoms with Crippen LogP contribution in [0.4, 0.5) is 4.39 Å². The predicted octanol–water partition coefficient (Wildman–Crippen LogP) is 5.55. The Morgan fingerprint density at radius 2 is 1.83 bits per heavy atom. The van der Waals surface area contributed by atoms with Gasteiger partial charge in [0.15, 0.2) is 0 Å². The Labute approximate surface area is 140 Å². The van der Waals surface area contributed by atoms with Gasteiger partial charge in [-0.2, -0.15) is 0 Å². The van der Waals surface area contributed by atoms with Gasteiger partial charge in [-0.1, -0.05) is 25.5 Å². The summed E-state index contributed by atoms with van der Waals surface area (Å²) in [4.78, 5) is 0. The molecule has 4 rings (SSSR count). The monoisotopic (exact) mass is 318 g/mol. The molecule has 1 N–H and O–H groups in total. The highest BCUT2D eigenvalue weighted by Gasteiger charge is 2.57. The van der Waals surface area contributed by atoms with Crippen LogP contribution in [-0.2, 0) is 0 Å². The first-order valence-corrected chi connectivity index (χ1v) is 9.59. The fourth-order valence-corrected chi connectivity index (χ4v) is 7.02. The largest absolute Gasteiger partial charge is 0.393 e. The Bertz CT molecular complexity index is 572. The van der Waals surface area contributed by atoms with E-state index in [4.69, 9.17) is 0 Å². The molecule has 0 aromatic heterocycles. The lowest BCUT2D eigenvalue weighted by molar-refractivity contribution is -0.0272. The zero-order chi connectivity index (χ0) is 16.4. The zero-order valence-corrected chi connectivity index (χ0v) is 14.9. The van der Waals surface area contributed by atoms with Crippen LogP contribution in [0.2, 0.25) is 0 Å². The highest BCUT2D eigenvalue weighted by atomic mass is 19.1.